The van der Waals surface area contributed by atoms with E-state index in [0.717, 1.165) is 74.5 Å². The Hall–Kier alpha value is -6.99. The van der Waals surface area contributed by atoms with Crippen LogP contribution >= 0.6 is 0 Å². The van der Waals surface area contributed by atoms with E-state index in [2.05, 4.69) is 0 Å². The van der Waals surface area contributed by atoms with Gasteiger partial charge in [0.25, 0.3) is 5.91 Å². The number of amides is 1. The maximum absolute atomic E-state index is 15.0. The van der Waals surface area contributed by atoms with Gasteiger partial charge in [-0.05, 0) is 103 Å². The number of alkyl halides is 12. The van der Waals surface area contributed by atoms with Crippen LogP contribution in [-0.4, -0.2) is 52.0 Å². The minimum absolute atomic E-state index is 0.222. The van der Waals surface area contributed by atoms with Crippen molar-refractivity contribution < 1.29 is 86.9 Å². The number of aromatic carboxylic acids is 2. The molecular formula is C47H35F12NO7. The summed E-state index contributed by atoms with van der Waals surface area (Å²) >= 11 is 0. The van der Waals surface area contributed by atoms with Crippen LogP contribution in [0.15, 0.2) is 97.1 Å². The van der Waals surface area contributed by atoms with E-state index in [1.165, 1.54) is 6.92 Å². The third-order valence-corrected chi connectivity index (χ3v) is 11.3. The average Bonchev–Trinajstić information content (AvgIpc) is 3.23. The molecule has 1 atom stereocenters. The number of anilines is 1. The minimum Gasteiger partial charge on any atom is -0.478 e. The van der Waals surface area contributed by atoms with Crippen LogP contribution in [0.5, 0.6) is 0 Å². The Bertz CT molecular complexity index is 2810. The molecule has 0 radical (unpaired) electrons. The maximum Gasteiger partial charge on any atom is 0.417 e. The number of carboxylic acids is 2. The van der Waals surface area contributed by atoms with E-state index in [0.29, 0.717) is 37.3 Å². The van der Waals surface area contributed by atoms with Gasteiger partial charge in [-0.3, -0.25) is 14.4 Å². The van der Waals surface area contributed by atoms with E-state index < -0.39 is 149 Å². The van der Waals surface area contributed by atoms with Crippen LogP contribution in [0.2, 0.25) is 0 Å². The molecule has 20 heteroatoms. The van der Waals surface area contributed by atoms with E-state index >= 15 is 13.2 Å². The molecule has 0 heterocycles. The SMILES string of the molecule is CCC(=O)c1cc(C(C)(c2cccc(C(=O)Cc3ccc(-c4ccc(NC(=O)c5cc(C(C)(C)C(F)(F)F)ccc5C(=O)O)cc4C(F)(F)F)c(C(F)(F)F)c3)c2)C(F)(F)F)ccc1C(=O)O. The van der Waals surface area contributed by atoms with E-state index in [1.807, 2.05) is 5.32 Å². The Kier molecular flexibility index (Phi) is 13.7. The molecule has 0 saturated heterocycles. The molecule has 8 nitrogen and oxygen atoms in total. The molecule has 1 unspecified atom stereocenters. The molecule has 0 saturated carbocycles. The Balaban J connectivity index is 1.52. The van der Waals surface area contributed by atoms with Gasteiger partial charge in [0, 0.05) is 29.7 Å². The highest BCUT2D eigenvalue weighted by Gasteiger charge is 2.54. The molecule has 5 rings (SSSR count). The molecular weight excluding hydrogens is 918 g/mol. The number of nitrogens with one attached hydrogen (secondary N) is 1. The molecule has 3 N–H and O–H groups in total. The first-order chi connectivity index (χ1) is 30.7. The zero-order valence-corrected chi connectivity index (χ0v) is 35.1. The van der Waals surface area contributed by atoms with Crippen molar-refractivity contribution in [3.05, 3.63) is 158 Å². The molecule has 0 spiro atoms. The molecule has 0 bridgehead atoms. The zero-order chi connectivity index (χ0) is 50.4. The van der Waals surface area contributed by atoms with E-state index in [1.54, 1.807) is 0 Å². The molecule has 5 aromatic carbocycles. The number of hydrogen-bond donors (Lipinski definition) is 3. The van der Waals surface area contributed by atoms with Crippen molar-refractivity contribution in [3.63, 3.8) is 0 Å². The lowest BCUT2D eigenvalue weighted by molar-refractivity contribution is -0.180. The van der Waals surface area contributed by atoms with Gasteiger partial charge in [0.1, 0.15) is 5.41 Å². The second-order valence-electron chi connectivity index (χ2n) is 15.9. The predicted molar refractivity (Wildman–Crippen MR) is 217 cm³/mol. The third kappa shape index (κ3) is 10.2. The molecule has 0 aliphatic rings. The summed E-state index contributed by atoms with van der Waals surface area (Å²) in [5.41, 5.74) is -17.3. The van der Waals surface area contributed by atoms with Crippen LogP contribution in [0.3, 0.4) is 0 Å². The van der Waals surface area contributed by atoms with Crippen molar-refractivity contribution in [1.29, 1.82) is 0 Å². The second kappa shape index (κ2) is 18.0. The second-order valence-corrected chi connectivity index (χ2v) is 15.9. The summed E-state index contributed by atoms with van der Waals surface area (Å²) in [6.07, 6.45) is -22.0. The van der Waals surface area contributed by atoms with E-state index in [-0.39, 0.29) is 12.5 Å². The highest BCUT2D eigenvalue weighted by atomic mass is 19.4. The van der Waals surface area contributed by atoms with Crippen molar-refractivity contribution >= 4 is 35.1 Å². The van der Waals surface area contributed by atoms with Crippen LogP contribution in [0.4, 0.5) is 58.4 Å². The van der Waals surface area contributed by atoms with Gasteiger partial charge in [-0.2, -0.15) is 52.7 Å². The summed E-state index contributed by atoms with van der Waals surface area (Å²) in [4.78, 5) is 63.0. The fourth-order valence-corrected chi connectivity index (χ4v) is 7.18. The number of carbonyl (C=O) groups is 5. The van der Waals surface area contributed by atoms with Gasteiger partial charge in [0.05, 0.1) is 33.2 Å². The van der Waals surface area contributed by atoms with Crippen LogP contribution in [0.25, 0.3) is 11.1 Å². The lowest BCUT2D eigenvalue weighted by Crippen LogP contribution is -2.41. The summed E-state index contributed by atoms with van der Waals surface area (Å²) in [7, 11) is 0. The largest absolute Gasteiger partial charge is 0.478 e. The van der Waals surface area contributed by atoms with Crippen molar-refractivity contribution in [2.75, 3.05) is 5.32 Å². The number of Topliss-reactive ketones (excluding diaryl/α,β-unsaturated/α-hetero) is 2. The number of hydrogen-bond acceptors (Lipinski definition) is 5. The Labute approximate surface area is 372 Å². The van der Waals surface area contributed by atoms with Gasteiger partial charge in [0.2, 0.25) is 0 Å². The first kappa shape index (κ1) is 51.0. The van der Waals surface area contributed by atoms with Gasteiger partial charge in [-0.25, -0.2) is 9.59 Å². The standard InChI is InChI=1S/C47H35F12NO7/c1-5-37(61)33-21-27(11-15-31(33)40(64)65)43(4,47(57,58)59)26-8-6-7-24(19-26)38(62)18-23-9-13-29(35(17-23)44(48,49)50)30-16-12-28(22-36(30)45(51,52)53)60-39(63)34-20-25(10-14-32(34)41(66)67)42(2,3)46(54,55)56/h6-17,19-22H,5,18H2,1-4H3,(H,60,63)(H,64,65)(H,66,67). The predicted octanol–water partition coefficient (Wildman–Crippen LogP) is 12.8. The van der Waals surface area contributed by atoms with Crippen LogP contribution in [0.1, 0.15) is 119 Å². The summed E-state index contributed by atoms with van der Waals surface area (Å²) in [6, 6.07) is 11.9. The zero-order valence-electron chi connectivity index (χ0n) is 35.1. The molecule has 5 aromatic rings. The van der Waals surface area contributed by atoms with Gasteiger partial charge in [0.15, 0.2) is 11.6 Å². The maximum atomic E-state index is 15.0. The molecule has 0 aliphatic heterocycles. The molecule has 0 aliphatic carbocycles. The first-order valence-electron chi connectivity index (χ1n) is 19.5. The number of rotatable bonds is 13. The normalized spacial score (nSPS) is 13.4. The van der Waals surface area contributed by atoms with Gasteiger partial charge < -0.3 is 15.5 Å². The Morgan fingerprint density at radius 1 is 0.522 bits per heavy atom. The highest BCUT2D eigenvalue weighted by molar-refractivity contribution is 6.11. The number of ketones is 2. The Morgan fingerprint density at radius 2 is 1.03 bits per heavy atom. The third-order valence-electron chi connectivity index (χ3n) is 11.3. The number of carbonyl (C=O) groups excluding carboxylic acids is 3. The van der Waals surface area contributed by atoms with Crippen LogP contribution < -0.4 is 5.32 Å². The molecule has 354 valence electrons. The lowest BCUT2D eigenvalue weighted by atomic mass is 9.74. The molecule has 0 fully saturated rings. The molecule has 1 amide bonds. The van der Waals surface area contributed by atoms with Crippen molar-refractivity contribution in [3.8, 4) is 11.1 Å². The summed E-state index contributed by atoms with van der Waals surface area (Å²) in [5, 5.41) is 21.1. The summed E-state index contributed by atoms with van der Waals surface area (Å²) < 4.78 is 174. The van der Waals surface area contributed by atoms with Crippen LogP contribution in [-0.2, 0) is 29.6 Å². The van der Waals surface area contributed by atoms with E-state index in [4.69, 9.17) is 0 Å². The monoisotopic (exact) mass is 953 g/mol. The van der Waals surface area contributed by atoms with Crippen molar-refractivity contribution in [2.24, 2.45) is 0 Å². The smallest absolute Gasteiger partial charge is 0.417 e. The van der Waals surface area contributed by atoms with Crippen molar-refractivity contribution in [2.45, 2.75) is 76.1 Å². The fraction of sp³-hybridized carbons (Fsp3) is 0.255. The van der Waals surface area contributed by atoms with Crippen molar-refractivity contribution in [1.82, 2.24) is 0 Å². The number of halogens is 12. The molecule has 0 aromatic heterocycles. The Morgan fingerprint density at radius 3 is 1.55 bits per heavy atom. The highest BCUT2D eigenvalue weighted by Crippen LogP contribution is 2.48. The number of benzene rings is 5. The summed E-state index contributed by atoms with van der Waals surface area (Å²) in [6.45, 7) is 3.55. The quantitative estimate of drug-likeness (QED) is 0.0789. The minimum atomic E-state index is -5.43. The van der Waals surface area contributed by atoms with Gasteiger partial charge in [-0.15, -0.1) is 0 Å². The van der Waals surface area contributed by atoms with Crippen LogP contribution in [0, 0.1) is 0 Å². The molecule has 67 heavy (non-hydrogen) atoms. The van der Waals surface area contributed by atoms with Gasteiger partial charge >= 0.3 is 36.6 Å². The number of carboxylic acid groups (broad SMARTS) is 2. The topological polar surface area (TPSA) is 138 Å². The average molecular weight is 954 g/mol. The summed E-state index contributed by atoms with van der Waals surface area (Å²) in [5.74, 6) is -6.62. The fourth-order valence-electron chi connectivity index (χ4n) is 7.18. The first-order valence-corrected chi connectivity index (χ1v) is 19.5. The van der Waals surface area contributed by atoms with E-state index in [9.17, 15) is 73.7 Å². The van der Waals surface area contributed by atoms with Gasteiger partial charge in [-0.1, -0.05) is 55.5 Å². The lowest BCUT2D eigenvalue weighted by Gasteiger charge is -2.34.